The number of nitrogens with zero attached hydrogens (tertiary/aromatic N) is 1. The van der Waals surface area contributed by atoms with Gasteiger partial charge < -0.3 is 19.3 Å². The third-order valence-corrected chi connectivity index (χ3v) is 7.85. The number of benzene rings is 1. The number of ether oxygens (including phenoxy) is 1. The van der Waals surface area contributed by atoms with Gasteiger partial charge in [0.05, 0.1) is 26.5 Å². The third-order valence-electron chi connectivity index (χ3n) is 7.85. The van der Waals surface area contributed by atoms with E-state index in [1.54, 1.807) is 0 Å². The number of allylic oxidation sites excluding steroid dienone is 1. The SMILES string of the molecule is C/C=C1/C[N@@+]2(C)[C@H]3C[C@@H]1[C@@](CO)(C(=O)OC)[C@@H]2Cc1c3[nH]c2ccccc12. The van der Waals surface area contributed by atoms with E-state index in [4.69, 9.17) is 4.74 Å². The molecule has 0 unspecified atom stereocenters. The molecule has 3 fully saturated rings. The van der Waals surface area contributed by atoms with Crippen LogP contribution in [0.2, 0.25) is 0 Å². The number of hydrogen-bond acceptors (Lipinski definition) is 3. The number of H-pyrrole nitrogens is 1. The van der Waals surface area contributed by atoms with Gasteiger partial charge in [-0.15, -0.1) is 0 Å². The van der Waals surface area contributed by atoms with Crippen LogP contribution in [0, 0.1) is 11.3 Å². The number of piperidine rings is 3. The van der Waals surface area contributed by atoms with Crippen LogP contribution in [-0.2, 0) is 16.0 Å². The molecule has 0 saturated carbocycles. The van der Waals surface area contributed by atoms with Crippen LogP contribution in [-0.4, -0.2) is 53.9 Å². The van der Waals surface area contributed by atoms with Crippen molar-refractivity contribution >= 4 is 16.9 Å². The molecule has 3 saturated heterocycles. The minimum absolute atomic E-state index is 0.0223. The summed E-state index contributed by atoms with van der Waals surface area (Å²) >= 11 is 0. The second-order valence-electron chi connectivity index (χ2n) is 8.65. The number of aliphatic hydroxyl groups excluding tert-OH is 1. The van der Waals surface area contributed by atoms with E-state index in [0.717, 1.165) is 29.4 Å². The quantitative estimate of drug-likeness (QED) is 0.487. The molecule has 5 heteroatoms. The number of hydrogen-bond donors (Lipinski definition) is 2. The molecule has 0 amide bonds. The Kier molecular flexibility index (Phi) is 3.44. The van der Waals surface area contributed by atoms with Crippen LogP contribution in [0.3, 0.4) is 0 Å². The Morgan fingerprint density at radius 3 is 2.93 bits per heavy atom. The molecule has 2 aromatic rings. The van der Waals surface area contributed by atoms with Gasteiger partial charge in [0.1, 0.15) is 24.0 Å². The lowest BCUT2D eigenvalue weighted by Gasteiger charge is -2.66. The highest BCUT2D eigenvalue weighted by molar-refractivity contribution is 5.86. The summed E-state index contributed by atoms with van der Waals surface area (Å²) in [7, 11) is 3.71. The Hall–Kier alpha value is -2.11. The summed E-state index contributed by atoms with van der Waals surface area (Å²) in [5.41, 5.74) is 4.23. The molecule has 1 aromatic carbocycles. The van der Waals surface area contributed by atoms with Crippen LogP contribution in [0.25, 0.3) is 10.9 Å². The lowest BCUT2D eigenvalue weighted by Crippen LogP contribution is -2.76. The van der Waals surface area contributed by atoms with E-state index in [2.05, 4.69) is 42.4 Å². The lowest BCUT2D eigenvalue weighted by molar-refractivity contribution is -0.981. The normalized spacial score (nSPS) is 38.2. The number of para-hydroxylation sites is 1. The number of esters is 1. The van der Waals surface area contributed by atoms with Crippen molar-refractivity contribution in [2.75, 3.05) is 27.3 Å². The first kappa shape index (κ1) is 17.0. The van der Waals surface area contributed by atoms with Crippen LogP contribution < -0.4 is 0 Å². The molecule has 6 rings (SSSR count). The van der Waals surface area contributed by atoms with E-state index in [9.17, 15) is 9.90 Å². The molecule has 0 aliphatic carbocycles. The Morgan fingerprint density at radius 2 is 2.22 bits per heavy atom. The number of aromatic amines is 1. The smallest absolute Gasteiger partial charge is 0.320 e. The summed E-state index contributed by atoms with van der Waals surface area (Å²) in [4.78, 5) is 16.8. The second-order valence-corrected chi connectivity index (χ2v) is 8.65. The van der Waals surface area contributed by atoms with Gasteiger partial charge in [0, 0.05) is 29.7 Å². The maximum absolute atomic E-state index is 13.1. The lowest BCUT2D eigenvalue weighted by atomic mass is 9.54. The zero-order chi connectivity index (χ0) is 19.0. The third kappa shape index (κ3) is 1.84. The fourth-order valence-electron chi connectivity index (χ4n) is 6.62. The highest BCUT2D eigenvalue weighted by Gasteiger charge is 2.71. The number of methoxy groups -OCH3 is 1. The van der Waals surface area contributed by atoms with E-state index in [0.29, 0.717) is 6.04 Å². The van der Waals surface area contributed by atoms with Gasteiger partial charge in [-0.2, -0.15) is 0 Å². The van der Waals surface area contributed by atoms with Gasteiger partial charge in [-0.3, -0.25) is 4.79 Å². The molecule has 5 nitrogen and oxygen atoms in total. The van der Waals surface area contributed by atoms with Crippen molar-refractivity contribution in [3.63, 3.8) is 0 Å². The first-order valence-electron chi connectivity index (χ1n) is 9.80. The number of aromatic nitrogens is 1. The molecule has 1 aromatic heterocycles. The summed E-state index contributed by atoms with van der Waals surface area (Å²) < 4.78 is 6.05. The van der Waals surface area contributed by atoms with Crippen molar-refractivity contribution in [2.24, 2.45) is 11.3 Å². The highest BCUT2D eigenvalue weighted by Crippen LogP contribution is 2.62. The van der Waals surface area contributed by atoms with Crippen LogP contribution >= 0.6 is 0 Å². The number of carbonyl (C=O) groups is 1. The molecule has 2 N–H and O–H groups in total. The van der Waals surface area contributed by atoms with Crippen molar-refractivity contribution < 1.29 is 19.1 Å². The van der Waals surface area contributed by atoms with Crippen molar-refractivity contribution in [1.29, 1.82) is 0 Å². The molecule has 5 heterocycles. The maximum Gasteiger partial charge on any atom is 0.320 e. The van der Waals surface area contributed by atoms with Crippen LogP contribution in [0.1, 0.15) is 30.6 Å². The number of likely N-dealkylation sites (N-methyl/N-ethyl adjacent to an activating group) is 1. The van der Waals surface area contributed by atoms with Gasteiger partial charge >= 0.3 is 5.97 Å². The zero-order valence-corrected chi connectivity index (χ0v) is 16.2. The molecule has 0 radical (unpaired) electrons. The molecular formula is C22H27N2O3+. The Bertz CT molecular complexity index is 977. The molecular weight excluding hydrogens is 340 g/mol. The number of carbonyl (C=O) groups excluding carboxylic acids is 1. The number of aliphatic hydroxyl groups is 1. The summed E-state index contributed by atoms with van der Waals surface area (Å²) in [6, 6.07) is 8.76. The van der Waals surface area contributed by atoms with Gasteiger partial charge in [-0.1, -0.05) is 24.3 Å². The molecule has 27 heavy (non-hydrogen) atoms. The highest BCUT2D eigenvalue weighted by atomic mass is 16.5. The Labute approximate surface area is 159 Å². The van der Waals surface area contributed by atoms with Crippen molar-refractivity contribution in [3.8, 4) is 0 Å². The van der Waals surface area contributed by atoms with Gasteiger partial charge in [0.2, 0.25) is 0 Å². The van der Waals surface area contributed by atoms with Gasteiger partial charge in [0.15, 0.2) is 0 Å². The van der Waals surface area contributed by atoms with Crippen molar-refractivity contribution in [2.45, 2.75) is 31.8 Å². The van der Waals surface area contributed by atoms with Crippen LogP contribution in [0.15, 0.2) is 35.9 Å². The maximum atomic E-state index is 13.1. The van der Waals surface area contributed by atoms with Gasteiger partial charge in [0.25, 0.3) is 0 Å². The summed E-state index contributed by atoms with van der Waals surface area (Å²) in [6.07, 6.45) is 3.80. The monoisotopic (exact) mass is 367 g/mol. The fraction of sp³-hybridized carbons (Fsp3) is 0.500. The topological polar surface area (TPSA) is 62.3 Å². The second kappa shape index (κ2) is 5.46. The molecule has 0 spiro atoms. The van der Waals surface area contributed by atoms with E-state index in [-0.39, 0.29) is 24.5 Å². The fourth-order valence-corrected chi connectivity index (χ4v) is 6.62. The number of quaternary nitrogens is 1. The average Bonchev–Trinajstić information content (AvgIpc) is 3.05. The summed E-state index contributed by atoms with van der Waals surface area (Å²) in [5.74, 6) is -0.223. The Balaban J connectivity index is 1.78. The largest absolute Gasteiger partial charge is 0.468 e. The van der Waals surface area contributed by atoms with Crippen molar-refractivity contribution in [3.05, 3.63) is 47.2 Å². The number of fused-ring (bicyclic) bond motifs is 4. The van der Waals surface area contributed by atoms with Gasteiger partial charge in [-0.25, -0.2) is 0 Å². The predicted molar refractivity (Wildman–Crippen MR) is 103 cm³/mol. The average molecular weight is 367 g/mol. The van der Waals surface area contributed by atoms with E-state index < -0.39 is 5.41 Å². The summed E-state index contributed by atoms with van der Waals surface area (Å²) in [6.45, 7) is 2.82. The molecule has 142 valence electrons. The number of rotatable bonds is 2. The van der Waals surface area contributed by atoms with Crippen LogP contribution in [0.4, 0.5) is 0 Å². The van der Waals surface area contributed by atoms with Gasteiger partial charge in [-0.05, 0) is 24.1 Å². The molecule has 4 aliphatic rings. The molecule has 5 atom stereocenters. The molecule has 4 bridgehead atoms. The minimum Gasteiger partial charge on any atom is -0.468 e. The zero-order valence-electron chi connectivity index (χ0n) is 16.2. The Morgan fingerprint density at radius 1 is 1.44 bits per heavy atom. The molecule has 4 aliphatic heterocycles. The van der Waals surface area contributed by atoms with E-state index >= 15 is 0 Å². The van der Waals surface area contributed by atoms with Crippen LogP contribution in [0.5, 0.6) is 0 Å². The predicted octanol–water partition coefficient (Wildman–Crippen LogP) is 2.71. The first-order chi connectivity index (χ1) is 13.0. The standard InChI is InChI=1S/C22H27N2O3/c1-4-13-11-24(2)18-10-16(13)22(12-25,21(26)27-3)19(24)9-15-14-7-5-6-8-17(14)23-20(15)18/h4-8,16,18-19,23,25H,9-12H2,1-3H3/q+1/b13-4-/t16-,18-,19-,22+,24-/m0/s1. The van der Waals surface area contributed by atoms with E-state index in [1.807, 2.05) is 6.92 Å². The van der Waals surface area contributed by atoms with Crippen molar-refractivity contribution in [1.82, 2.24) is 4.98 Å². The van der Waals surface area contributed by atoms with E-state index in [1.165, 1.54) is 29.3 Å². The summed E-state index contributed by atoms with van der Waals surface area (Å²) in [5, 5.41) is 11.8. The first-order valence-corrected chi connectivity index (χ1v) is 9.80. The number of nitrogens with one attached hydrogen (secondary N) is 1. The minimum atomic E-state index is -0.865.